The van der Waals surface area contributed by atoms with Gasteiger partial charge in [0.05, 0.1) is 5.69 Å². The number of ether oxygens (including phenoxy) is 1. The molecule has 0 fully saturated rings. The average molecular weight is 279 g/mol. The molecule has 6 heteroatoms. The molecule has 0 aliphatic heterocycles. The molecular formula is C14H15F2N3O. The van der Waals surface area contributed by atoms with Gasteiger partial charge < -0.3 is 10.1 Å². The molecule has 0 aliphatic carbocycles. The smallest absolute Gasteiger partial charge is 0.387 e. The molecule has 2 rings (SSSR count). The van der Waals surface area contributed by atoms with E-state index in [0.29, 0.717) is 12.1 Å². The molecule has 0 aliphatic rings. The highest BCUT2D eigenvalue weighted by atomic mass is 19.3. The van der Waals surface area contributed by atoms with Gasteiger partial charge in [0.1, 0.15) is 12.1 Å². The van der Waals surface area contributed by atoms with Crippen molar-refractivity contribution >= 4 is 0 Å². The molecule has 0 saturated heterocycles. The van der Waals surface area contributed by atoms with Crippen LogP contribution in [0.2, 0.25) is 0 Å². The maximum atomic E-state index is 12.4. The van der Waals surface area contributed by atoms with Gasteiger partial charge >= 0.3 is 6.61 Å². The summed E-state index contributed by atoms with van der Waals surface area (Å²) in [7, 11) is 0. The number of alkyl halides is 2. The first kappa shape index (κ1) is 14.3. The highest BCUT2D eigenvalue weighted by Gasteiger charge is 2.14. The first-order valence-electron chi connectivity index (χ1n) is 6.19. The lowest BCUT2D eigenvalue weighted by Gasteiger charge is -2.17. The van der Waals surface area contributed by atoms with Crippen LogP contribution < -0.4 is 10.1 Å². The molecule has 0 saturated carbocycles. The van der Waals surface area contributed by atoms with E-state index >= 15 is 0 Å². The molecule has 4 nitrogen and oxygen atoms in total. The fourth-order valence-electron chi connectivity index (χ4n) is 1.83. The summed E-state index contributed by atoms with van der Waals surface area (Å²) in [5.41, 5.74) is 1.51. The van der Waals surface area contributed by atoms with Crippen LogP contribution in [0.3, 0.4) is 0 Å². The maximum absolute atomic E-state index is 12.4. The zero-order valence-corrected chi connectivity index (χ0v) is 11.0. The highest BCUT2D eigenvalue weighted by molar-refractivity contribution is 5.35. The minimum Gasteiger partial charge on any atom is -0.434 e. The second kappa shape index (κ2) is 6.91. The molecule has 1 N–H and O–H groups in total. The molecule has 2 aromatic rings. The zero-order valence-electron chi connectivity index (χ0n) is 11.0. The second-order valence-electron chi connectivity index (χ2n) is 4.22. The molecular weight excluding hydrogens is 264 g/mol. The predicted molar refractivity (Wildman–Crippen MR) is 70.4 cm³/mol. The fraction of sp³-hybridized carbons (Fsp3) is 0.286. The van der Waals surface area contributed by atoms with Gasteiger partial charge in [-0.25, -0.2) is 9.97 Å². The van der Waals surface area contributed by atoms with Gasteiger partial charge in [-0.05, 0) is 19.1 Å². The number of benzene rings is 1. The lowest BCUT2D eigenvalue weighted by molar-refractivity contribution is -0.0506. The van der Waals surface area contributed by atoms with Crippen molar-refractivity contribution in [3.8, 4) is 5.75 Å². The van der Waals surface area contributed by atoms with E-state index in [1.807, 2.05) is 6.92 Å². The van der Waals surface area contributed by atoms with Crippen molar-refractivity contribution in [2.24, 2.45) is 0 Å². The fourth-order valence-corrected chi connectivity index (χ4v) is 1.83. The van der Waals surface area contributed by atoms with Gasteiger partial charge in [0.25, 0.3) is 0 Å². The first-order chi connectivity index (χ1) is 9.66. The monoisotopic (exact) mass is 279 g/mol. The number of hydrogen-bond acceptors (Lipinski definition) is 4. The molecule has 1 heterocycles. The van der Waals surface area contributed by atoms with Crippen LogP contribution in [0, 0.1) is 0 Å². The molecule has 0 bridgehead atoms. The van der Waals surface area contributed by atoms with E-state index < -0.39 is 6.61 Å². The number of nitrogens with zero attached hydrogens (tertiary/aromatic N) is 2. The number of para-hydroxylation sites is 1. The Labute approximate surface area is 115 Å². The van der Waals surface area contributed by atoms with Crippen molar-refractivity contribution in [3.05, 3.63) is 54.1 Å². The molecule has 1 aromatic carbocycles. The largest absolute Gasteiger partial charge is 0.434 e. The number of aromatic nitrogens is 2. The summed E-state index contributed by atoms with van der Waals surface area (Å²) in [4.78, 5) is 7.93. The van der Waals surface area contributed by atoms with Crippen LogP contribution in [-0.2, 0) is 6.54 Å². The van der Waals surface area contributed by atoms with Gasteiger partial charge in [-0.1, -0.05) is 18.2 Å². The summed E-state index contributed by atoms with van der Waals surface area (Å²) in [6.45, 7) is -0.424. The SMILES string of the molecule is CC(NCc1ccncn1)c1ccccc1OC(F)F. The Bertz CT molecular complexity index is 537. The Hall–Kier alpha value is -2.08. The van der Waals surface area contributed by atoms with Crippen molar-refractivity contribution < 1.29 is 13.5 Å². The Kier molecular flexibility index (Phi) is 4.95. The van der Waals surface area contributed by atoms with Crippen LogP contribution in [0.5, 0.6) is 5.75 Å². The Morgan fingerprint density at radius 2 is 2.05 bits per heavy atom. The van der Waals surface area contributed by atoms with Crippen LogP contribution in [0.25, 0.3) is 0 Å². The van der Waals surface area contributed by atoms with Gasteiger partial charge in [-0.2, -0.15) is 8.78 Å². The van der Waals surface area contributed by atoms with Gasteiger partial charge in [-0.3, -0.25) is 0 Å². The molecule has 20 heavy (non-hydrogen) atoms. The van der Waals surface area contributed by atoms with Crippen molar-refractivity contribution in [1.29, 1.82) is 0 Å². The van der Waals surface area contributed by atoms with Crippen LogP contribution in [0.1, 0.15) is 24.2 Å². The third-order valence-electron chi connectivity index (χ3n) is 2.83. The van der Waals surface area contributed by atoms with Gasteiger partial charge in [0.2, 0.25) is 0 Å². The summed E-state index contributed by atoms with van der Waals surface area (Å²) in [5.74, 6) is 0.185. The van der Waals surface area contributed by atoms with E-state index in [2.05, 4.69) is 20.0 Å². The van der Waals surface area contributed by atoms with Crippen molar-refractivity contribution in [2.45, 2.75) is 26.1 Å². The Balaban J connectivity index is 2.03. The number of rotatable bonds is 6. The van der Waals surface area contributed by atoms with E-state index in [0.717, 1.165) is 5.69 Å². The maximum Gasteiger partial charge on any atom is 0.387 e. The zero-order chi connectivity index (χ0) is 14.4. The van der Waals surface area contributed by atoms with E-state index in [1.54, 1.807) is 30.5 Å². The molecule has 0 amide bonds. The molecule has 1 aromatic heterocycles. The Morgan fingerprint density at radius 3 is 2.75 bits per heavy atom. The standard InChI is InChI=1S/C14H15F2N3O/c1-10(18-8-11-6-7-17-9-19-11)12-4-2-3-5-13(12)20-14(15)16/h2-7,9-10,14,18H,8H2,1H3. The Morgan fingerprint density at radius 1 is 1.25 bits per heavy atom. The van der Waals surface area contributed by atoms with Gasteiger partial charge in [0, 0.05) is 24.3 Å². The minimum absolute atomic E-state index is 0.139. The predicted octanol–water partition coefficient (Wildman–Crippen LogP) is 2.93. The molecule has 1 atom stereocenters. The summed E-state index contributed by atoms with van der Waals surface area (Å²) in [6.07, 6.45) is 3.12. The van der Waals surface area contributed by atoms with Crippen molar-refractivity contribution in [1.82, 2.24) is 15.3 Å². The lowest BCUT2D eigenvalue weighted by Crippen LogP contribution is -2.20. The van der Waals surface area contributed by atoms with Crippen LogP contribution >= 0.6 is 0 Å². The van der Waals surface area contributed by atoms with Crippen LogP contribution in [-0.4, -0.2) is 16.6 Å². The number of nitrogens with one attached hydrogen (secondary N) is 1. The van der Waals surface area contributed by atoms with Crippen LogP contribution in [0.15, 0.2) is 42.9 Å². The van der Waals surface area contributed by atoms with Gasteiger partial charge in [-0.15, -0.1) is 0 Å². The van der Waals surface area contributed by atoms with Crippen molar-refractivity contribution in [3.63, 3.8) is 0 Å². The molecule has 1 unspecified atom stereocenters. The van der Waals surface area contributed by atoms with Gasteiger partial charge in [0.15, 0.2) is 0 Å². The first-order valence-corrected chi connectivity index (χ1v) is 6.19. The third kappa shape index (κ3) is 3.96. The molecule has 0 radical (unpaired) electrons. The molecule has 106 valence electrons. The van der Waals surface area contributed by atoms with E-state index in [1.165, 1.54) is 12.4 Å². The summed E-state index contributed by atoms with van der Waals surface area (Å²) < 4.78 is 29.2. The topological polar surface area (TPSA) is 47.0 Å². The highest BCUT2D eigenvalue weighted by Crippen LogP contribution is 2.26. The number of halogens is 2. The second-order valence-corrected chi connectivity index (χ2v) is 4.22. The minimum atomic E-state index is -2.83. The third-order valence-corrected chi connectivity index (χ3v) is 2.83. The summed E-state index contributed by atoms with van der Waals surface area (Å²) in [6, 6.07) is 8.40. The molecule has 0 spiro atoms. The average Bonchev–Trinajstić information content (AvgIpc) is 2.46. The summed E-state index contributed by atoms with van der Waals surface area (Å²) >= 11 is 0. The van der Waals surface area contributed by atoms with E-state index in [9.17, 15) is 8.78 Å². The van der Waals surface area contributed by atoms with E-state index in [-0.39, 0.29) is 11.8 Å². The van der Waals surface area contributed by atoms with E-state index in [4.69, 9.17) is 0 Å². The normalized spacial score (nSPS) is 12.4. The summed E-state index contributed by atoms with van der Waals surface area (Å²) in [5, 5.41) is 3.21. The van der Waals surface area contributed by atoms with Crippen molar-refractivity contribution in [2.75, 3.05) is 0 Å². The lowest BCUT2D eigenvalue weighted by atomic mass is 10.1. The van der Waals surface area contributed by atoms with Crippen LogP contribution in [0.4, 0.5) is 8.78 Å². The quantitative estimate of drug-likeness (QED) is 0.883. The number of hydrogen-bond donors (Lipinski definition) is 1.